The van der Waals surface area contributed by atoms with Gasteiger partial charge in [0.05, 0.1) is 11.6 Å². The maximum absolute atomic E-state index is 11.7. The van der Waals surface area contributed by atoms with Crippen LogP contribution in [0.5, 0.6) is 0 Å². The van der Waals surface area contributed by atoms with E-state index in [4.69, 9.17) is 20.8 Å². The van der Waals surface area contributed by atoms with E-state index in [2.05, 4.69) is 5.32 Å². The van der Waals surface area contributed by atoms with E-state index in [0.29, 0.717) is 22.1 Å². The molecule has 3 rings (SSSR count). The molecule has 0 atom stereocenters. The Morgan fingerprint density at radius 2 is 1.96 bits per heavy atom. The average Bonchev–Trinajstić information content (AvgIpc) is 3.07. The molecule has 6 heteroatoms. The fraction of sp³-hybridized carbons (Fsp3) is 0.238. The summed E-state index contributed by atoms with van der Waals surface area (Å²) in [7, 11) is 0. The molecule has 0 bridgehead atoms. The summed E-state index contributed by atoms with van der Waals surface area (Å²) in [5, 5.41) is 4.92. The SMILES string of the molecule is CC(C)(C)OC(=O)NCc1ccc(-c2ccc3cc(C=O)ccc3c2Cl)o1. The number of alkyl carbamates (subject to hydrolysis) is 1. The van der Waals surface area contributed by atoms with Gasteiger partial charge >= 0.3 is 6.09 Å². The summed E-state index contributed by atoms with van der Waals surface area (Å²) >= 11 is 6.54. The Hall–Kier alpha value is -2.79. The van der Waals surface area contributed by atoms with Crippen molar-refractivity contribution in [1.29, 1.82) is 0 Å². The van der Waals surface area contributed by atoms with E-state index in [1.54, 1.807) is 45.0 Å². The fourth-order valence-corrected chi connectivity index (χ4v) is 2.99. The summed E-state index contributed by atoms with van der Waals surface area (Å²) < 4.78 is 11.0. The van der Waals surface area contributed by atoms with Crippen molar-refractivity contribution < 1.29 is 18.7 Å². The van der Waals surface area contributed by atoms with E-state index in [1.807, 2.05) is 18.2 Å². The summed E-state index contributed by atoms with van der Waals surface area (Å²) in [4.78, 5) is 22.7. The van der Waals surface area contributed by atoms with Crippen LogP contribution in [-0.4, -0.2) is 18.0 Å². The molecule has 0 radical (unpaired) electrons. The van der Waals surface area contributed by atoms with E-state index >= 15 is 0 Å². The Kier molecular flexibility index (Phi) is 5.24. The average molecular weight is 386 g/mol. The van der Waals surface area contributed by atoms with E-state index in [-0.39, 0.29) is 6.54 Å². The second-order valence-corrected chi connectivity index (χ2v) is 7.52. The van der Waals surface area contributed by atoms with Gasteiger partial charge in [0.25, 0.3) is 0 Å². The normalized spacial score (nSPS) is 11.4. The largest absolute Gasteiger partial charge is 0.459 e. The minimum atomic E-state index is -0.555. The number of rotatable bonds is 4. The Bertz CT molecular complexity index is 1000. The molecule has 1 aromatic heterocycles. The van der Waals surface area contributed by atoms with Gasteiger partial charge in [-0.3, -0.25) is 4.79 Å². The van der Waals surface area contributed by atoms with Crippen LogP contribution >= 0.6 is 11.6 Å². The summed E-state index contributed by atoms with van der Waals surface area (Å²) in [6.07, 6.45) is 0.299. The van der Waals surface area contributed by atoms with E-state index in [9.17, 15) is 9.59 Å². The molecule has 0 aliphatic carbocycles. The summed E-state index contributed by atoms with van der Waals surface area (Å²) in [6.45, 7) is 5.62. The first-order chi connectivity index (χ1) is 12.8. The molecule has 5 nitrogen and oxygen atoms in total. The maximum atomic E-state index is 11.7. The molecule has 2 aromatic carbocycles. The number of carbonyl (C=O) groups excluding carboxylic acids is 2. The molecule has 1 heterocycles. The molecule has 0 unspecified atom stereocenters. The van der Waals surface area contributed by atoms with Crippen LogP contribution in [0.3, 0.4) is 0 Å². The van der Waals surface area contributed by atoms with Crippen molar-refractivity contribution in [2.45, 2.75) is 32.9 Å². The molecule has 0 spiro atoms. The minimum absolute atomic E-state index is 0.211. The molecule has 27 heavy (non-hydrogen) atoms. The fourth-order valence-electron chi connectivity index (χ4n) is 2.67. The van der Waals surface area contributed by atoms with Gasteiger partial charge in [0.1, 0.15) is 23.4 Å². The quantitative estimate of drug-likeness (QED) is 0.594. The lowest BCUT2D eigenvalue weighted by molar-refractivity contribution is 0.0520. The van der Waals surface area contributed by atoms with E-state index < -0.39 is 11.7 Å². The maximum Gasteiger partial charge on any atom is 0.408 e. The number of halogens is 1. The molecule has 0 aliphatic rings. The van der Waals surface area contributed by atoms with Gasteiger partial charge in [0.15, 0.2) is 0 Å². The number of nitrogens with one attached hydrogen (secondary N) is 1. The highest BCUT2D eigenvalue weighted by atomic mass is 35.5. The van der Waals surface area contributed by atoms with Crippen LogP contribution in [0.25, 0.3) is 22.1 Å². The first-order valence-electron chi connectivity index (χ1n) is 8.50. The highest BCUT2D eigenvalue weighted by Gasteiger charge is 2.17. The Morgan fingerprint density at radius 1 is 1.19 bits per heavy atom. The number of amides is 1. The van der Waals surface area contributed by atoms with Gasteiger partial charge in [-0.25, -0.2) is 4.79 Å². The van der Waals surface area contributed by atoms with Crippen molar-refractivity contribution in [2.24, 2.45) is 0 Å². The molecular formula is C21H20ClNO4. The van der Waals surface area contributed by atoms with Gasteiger partial charge in [-0.15, -0.1) is 0 Å². The molecule has 0 saturated heterocycles. The number of aldehydes is 1. The minimum Gasteiger partial charge on any atom is -0.459 e. The lowest BCUT2D eigenvalue weighted by Crippen LogP contribution is -2.32. The highest BCUT2D eigenvalue weighted by molar-refractivity contribution is 6.38. The number of hydrogen-bond acceptors (Lipinski definition) is 4. The highest BCUT2D eigenvalue weighted by Crippen LogP contribution is 2.35. The van der Waals surface area contributed by atoms with E-state index in [1.165, 1.54) is 0 Å². The number of furan rings is 1. The Labute approximate surface area is 162 Å². The van der Waals surface area contributed by atoms with Crippen LogP contribution in [0.1, 0.15) is 36.9 Å². The number of ether oxygens (including phenoxy) is 1. The van der Waals surface area contributed by atoms with Gasteiger partial charge in [-0.2, -0.15) is 0 Å². The van der Waals surface area contributed by atoms with Crippen LogP contribution in [0.2, 0.25) is 5.02 Å². The zero-order chi connectivity index (χ0) is 19.6. The van der Waals surface area contributed by atoms with Crippen LogP contribution < -0.4 is 5.32 Å². The van der Waals surface area contributed by atoms with E-state index in [0.717, 1.165) is 22.6 Å². The molecule has 0 aliphatic heterocycles. The monoisotopic (exact) mass is 385 g/mol. The third-order valence-corrected chi connectivity index (χ3v) is 4.25. The molecule has 0 saturated carbocycles. The second-order valence-electron chi connectivity index (χ2n) is 7.15. The summed E-state index contributed by atoms with van der Waals surface area (Å²) in [5.74, 6) is 1.19. The van der Waals surface area contributed by atoms with Crippen molar-refractivity contribution in [3.63, 3.8) is 0 Å². The second kappa shape index (κ2) is 7.45. The van der Waals surface area contributed by atoms with Crippen LogP contribution in [-0.2, 0) is 11.3 Å². The predicted octanol–water partition coefficient (Wildman–Crippen LogP) is 5.59. The standard InChI is InChI=1S/C21H20ClNO4/c1-21(2,3)27-20(25)23-11-15-6-9-18(26-15)17-8-5-14-10-13(12-24)4-7-16(14)19(17)22/h4-10,12H,11H2,1-3H3,(H,23,25). The Morgan fingerprint density at radius 3 is 2.67 bits per heavy atom. The molecule has 1 N–H and O–H groups in total. The molecular weight excluding hydrogens is 366 g/mol. The number of fused-ring (bicyclic) bond motifs is 1. The molecule has 140 valence electrons. The van der Waals surface area contributed by atoms with Crippen molar-refractivity contribution in [1.82, 2.24) is 5.32 Å². The van der Waals surface area contributed by atoms with Crippen molar-refractivity contribution in [2.75, 3.05) is 0 Å². The predicted molar refractivity (Wildman–Crippen MR) is 105 cm³/mol. The first kappa shape index (κ1) is 19.0. The van der Waals surface area contributed by atoms with Crippen molar-refractivity contribution in [3.8, 4) is 11.3 Å². The number of carbonyl (C=O) groups is 2. The third-order valence-electron chi connectivity index (χ3n) is 3.85. The Balaban J connectivity index is 1.79. The van der Waals surface area contributed by atoms with Gasteiger partial charge < -0.3 is 14.5 Å². The number of hydrogen-bond donors (Lipinski definition) is 1. The van der Waals surface area contributed by atoms with Crippen molar-refractivity contribution >= 4 is 34.8 Å². The van der Waals surface area contributed by atoms with Gasteiger partial charge in [-0.05, 0) is 50.4 Å². The molecule has 3 aromatic rings. The van der Waals surface area contributed by atoms with Crippen molar-refractivity contribution in [3.05, 3.63) is 58.8 Å². The zero-order valence-electron chi connectivity index (χ0n) is 15.3. The van der Waals surface area contributed by atoms with Gasteiger partial charge in [0, 0.05) is 16.5 Å². The molecule has 1 amide bonds. The zero-order valence-corrected chi connectivity index (χ0v) is 16.1. The van der Waals surface area contributed by atoms with Gasteiger partial charge in [-0.1, -0.05) is 29.8 Å². The lowest BCUT2D eigenvalue weighted by atomic mass is 10.0. The summed E-state index contributed by atoms with van der Waals surface area (Å²) in [5.41, 5.74) is 0.784. The van der Waals surface area contributed by atoms with Crippen LogP contribution in [0.15, 0.2) is 46.9 Å². The first-order valence-corrected chi connectivity index (χ1v) is 8.88. The third kappa shape index (κ3) is 4.49. The molecule has 0 fully saturated rings. The van der Waals surface area contributed by atoms with Gasteiger partial charge in [0.2, 0.25) is 0 Å². The number of benzene rings is 2. The lowest BCUT2D eigenvalue weighted by Gasteiger charge is -2.19. The topological polar surface area (TPSA) is 68.5 Å². The smallest absolute Gasteiger partial charge is 0.408 e. The van der Waals surface area contributed by atoms with Crippen LogP contribution in [0.4, 0.5) is 4.79 Å². The summed E-state index contributed by atoms with van der Waals surface area (Å²) in [6, 6.07) is 12.7. The van der Waals surface area contributed by atoms with Crippen LogP contribution in [0, 0.1) is 0 Å².